The van der Waals surface area contributed by atoms with E-state index < -0.39 is 0 Å². The number of thioether (sulfide) groups is 1. The first-order chi connectivity index (χ1) is 8.45. The quantitative estimate of drug-likeness (QED) is 0.725. The number of hydrogen-bond donors (Lipinski definition) is 2. The van der Waals surface area contributed by atoms with Crippen LogP contribution in [0.1, 0.15) is 12.0 Å². The van der Waals surface area contributed by atoms with Gasteiger partial charge in [0.05, 0.1) is 0 Å². The van der Waals surface area contributed by atoms with E-state index in [9.17, 15) is 0 Å². The van der Waals surface area contributed by atoms with Crippen molar-refractivity contribution in [1.82, 2.24) is 10.6 Å². The van der Waals surface area contributed by atoms with Crippen molar-refractivity contribution in [2.24, 2.45) is 5.92 Å². The summed E-state index contributed by atoms with van der Waals surface area (Å²) in [6, 6.07) is 10.6. The second-order valence-corrected chi connectivity index (χ2v) is 5.75. The average molecular weight is 250 g/mol. The largest absolute Gasteiger partial charge is 0.315 e. The summed E-state index contributed by atoms with van der Waals surface area (Å²) in [7, 11) is 0. The van der Waals surface area contributed by atoms with Gasteiger partial charge >= 0.3 is 0 Å². The van der Waals surface area contributed by atoms with Crippen LogP contribution in [0.3, 0.4) is 0 Å². The molecule has 0 saturated carbocycles. The molecule has 3 heteroatoms. The van der Waals surface area contributed by atoms with Crippen LogP contribution in [0.15, 0.2) is 30.3 Å². The molecule has 2 nitrogen and oxygen atoms in total. The van der Waals surface area contributed by atoms with Crippen LogP contribution >= 0.6 is 11.8 Å². The highest BCUT2D eigenvalue weighted by Crippen LogP contribution is 2.22. The van der Waals surface area contributed by atoms with E-state index in [4.69, 9.17) is 0 Å². The Balaban J connectivity index is 1.46. The third-order valence-corrected chi connectivity index (χ3v) is 4.34. The SMILES string of the molecule is c1ccc(CNCCNCC2CCSC2)cc1. The fourth-order valence-electron chi connectivity index (χ4n) is 2.06. The third-order valence-electron chi connectivity index (χ3n) is 3.11. The summed E-state index contributed by atoms with van der Waals surface area (Å²) in [5.41, 5.74) is 1.36. The van der Waals surface area contributed by atoms with Crippen molar-refractivity contribution in [1.29, 1.82) is 0 Å². The minimum atomic E-state index is 0.911. The fourth-order valence-corrected chi connectivity index (χ4v) is 3.34. The van der Waals surface area contributed by atoms with E-state index in [0.717, 1.165) is 25.6 Å². The van der Waals surface area contributed by atoms with E-state index in [0.29, 0.717) is 0 Å². The molecule has 1 aliphatic heterocycles. The first kappa shape index (κ1) is 12.9. The zero-order chi connectivity index (χ0) is 11.8. The lowest BCUT2D eigenvalue weighted by Crippen LogP contribution is -2.30. The van der Waals surface area contributed by atoms with Gasteiger partial charge in [0.25, 0.3) is 0 Å². The second kappa shape index (κ2) is 7.75. The second-order valence-electron chi connectivity index (χ2n) is 4.60. The van der Waals surface area contributed by atoms with Crippen LogP contribution in [0.25, 0.3) is 0 Å². The van der Waals surface area contributed by atoms with Gasteiger partial charge in [-0.15, -0.1) is 0 Å². The van der Waals surface area contributed by atoms with Gasteiger partial charge < -0.3 is 10.6 Å². The van der Waals surface area contributed by atoms with Gasteiger partial charge in [0.2, 0.25) is 0 Å². The van der Waals surface area contributed by atoms with Crippen LogP contribution in [0.2, 0.25) is 0 Å². The van der Waals surface area contributed by atoms with E-state index >= 15 is 0 Å². The molecular weight excluding hydrogens is 228 g/mol. The van der Waals surface area contributed by atoms with E-state index in [1.54, 1.807) is 0 Å². The molecule has 1 unspecified atom stereocenters. The Kier molecular flexibility index (Phi) is 5.89. The van der Waals surface area contributed by atoms with Gasteiger partial charge in [-0.2, -0.15) is 11.8 Å². The van der Waals surface area contributed by atoms with E-state index in [-0.39, 0.29) is 0 Å². The Morgan fingerprint density at radius 3 is 2.71 bits per heavy atom. The molecule has 1 aromatic carbocycles. The maximum Gasteiger partial charge on any atom is 0.0206 e. The lowest BCUT2D eigenvalue weighted by molar-refractivity contribution is 0.513. The Morgan fingerprint density at radius 1 is 1.12 bits per heavy atom. The van der Waals surface area contributed by atoms with Gasteiger partial charge in [0.15, 0.2) is 0 Å². The molecule has 2 rings (SSSR count). The van der Waals surface area contributed by atoms with Crippen molar-refractivity contribution in [2.45, 2.75) is 13.0 Å². The number of hydrogen-bond acceptors (Lipinski definition) is 3. The highest BCUT2D eigenvalue weighted by atomic mass is 32.2. The van der Waals surface area contributed by atoms with Crippen molar-refractivity contribution < 1.29 is 0 Å². The minimum absolute atomic E-state index is 0.911. The molecule has 1 heterocycles. The molecule has 17 heavy (non-hydrogen) atoms. The van der Waals surface area contributed by atoms with Crippen molar-refractivity contribution >= 4 is 11.8 Å². The van der Waals surface area contributed by atoms with Crippen LogP contribution in [0.4, 0.5) is 0 Å². The fraction of sp³-hybridized carbons (Fsp3) is 0.571. The van der Waals surface area contributed by atoms with E-state index in [1.165, 1.54) is 30.0 Å². The average Bonchev–Trinajstić information content (AvgIpc) is 2.88. The maximum atomic E-state index is 3.54. The highest BCUT2D eigenvalue weighted by molar-refractivity contribution is 7.99. The molecule has 0 bridgehead atoms. The van der Waals surface area contributed by atoms with Crippen molar-refractivity contribution in [2.75, 3.05) is 31.1 Å². The third kappa shape index (κ3) is 5.11. The zero-order valence-electron chi connectivity index (χ0n) is 10.3. The lowest BCUT2D eigenvalue weighted by atomic mass is 10.1. The molecule has 1 saturated heterocycles. The van der Waals surface area contributed by atoms with Gasteiger partial charge in [0, 0.05) is 19.6 Å². The number of benzene rings is 1. The van der Waals surface area contributed by atoms with Gasteiger partial charge in [-0.05, 0) is 36.0 Å². The first-order valence-electron chi connectivity index (χ1n) is 6.48. The van der Waals surface area contributed by atoms with E-state index in [1.807, 2.05) is 0 Å². The molecule has 94 valence electrons. The number of nitrogens with one attached hydrogen (secondary N) is 2. The minimum Gasteiger partial charge on any atom is -0.315 e. The first-order valence-corrected chi connectivity index (χ1v) is 7.64. The predicted octanol–water partition coefficient (Wildman–Crippen LogP) is 2.12. The smallest absolute Gasteiger partial charge is 0.0206 e. The molecule has 1 aromatic rings. The van der Waals surface area contributed by atoms with Gasteiger partial charge in [0.1, 0.15) is 0 Å². The Labute approximate surface area is 109 Å². The number of rotatable bonds is 7. The maximum absolute atomic E-state index is 3.54. The molecule has 0 aliphatic carbocycles. The van der Waals surface area contributed by atoms with Crippen molar-refractivity contribution in [3.63, 3.8) is 0 Å². The van der Waals surface area contributed by atoms with Crippen LogP contribution in [0, 0.1) is 5.92 Å². The van der Waals surface area contributed by atoms with Gasteiger partial charge in [-0.25, -0.2) is 0 Å². The monoisotopic (exact) mass is 250 g/mol. The summed E-state index contributed by atoms with van der Waals surface area (Å²) in [5, 5.41) is 7.00. The van der Waals surface area contributed by atoms with Gasteiger partial charge in [-0.3, -0.25) is 0 Å². The molecule has 0 amide bonds. The van der Waals surface area contributed by atoms with Gasteiger partial charge in [-0.1, -0.05) is 30.3 Å². The molecule has 2 N–H and O–H groups in total. The Hall–Kier alpha value is -0.510. The van der Waals surface area contributed by atoms with Crippen LogP contribution in [-0.4, -0.2) is 31.1 Å². The molecule has 0 aromatic heterocycles. The van der Waals surface area contributed by atoms with Crippen LogP contribution < -0.4 is 10.6 Å². The summed E-state index contributed by atoms with van der Waals surface area (Å²) < 4.78 is 0. The predicted molar refractivity (Wildman–Crippen MR) is 76.5 cm³/mol. The summed E-state index contributed by atoms with van der Waals surface area (Å²) in [5.74, 6) is 3.62. The summed E-state index contributed by atoms with van der Waals surface area (Å²) >= 11 is 2.09. The lowest BCUT2D eigenvalue weighted by Gasteiger charge is -2.10. The Morgan fingerprint density at radius 2 is 1.94 bits per heavy atom. The van der Waals surface area contributed by atoms with Crippen molar-refractivity contribution in [3.8, 4) is 0 Å². The molecule has 1 atom stereocenters. The van der Waals surface area contributed by atoms with Crippen LogP contribution in [-0.2, 0) is 6.54 Å². The zero-order valence-corrected chi connectivity index (χ0v) is 11.1. The molecule has 0 spiro atoms. The Bertz CT molecular complexity index is 296. The topological polar surface area (TPSA) is 24.1 Å². The van der Waals surface area contributed by atoms with Crippen molar-refractivity contribution in [3.05, 3.63) is 35.9 Å². The molecular formula is C14H22N2S. The summed E-state index contributed by atoms with van der Waals surface area (Å²) in [6.07, 6.45) is 1.40. The summed E-state index contributed by atoms with van der Waals surface area (Å²) in [6.45, 7) is 4.30. The molecule has 0 radical (unpaired) electrons. The summed E-state index contributed by atoms with van der Waals surface area (Å²) in [4.78, 5) is 0. The molecule has 1 fully saturated rings. The standard InChI is InChI=1S/C14H22N2S/c1-2-4-13(5-3-1)10-15-7-8-16-11-14-6-9-17-12-14/h1-5,14-16H,6-12H2. The highest BCUT2D eigenvalue weighted by Gasteiger charge is 2.13. The molecule has 1 aliphatic rings. The van der Waals surface area contributed by atoms with Crippen LogP contribution in [0.5, 0.6) is 0 Å². The normalized spacial score (nSPS) is 19.6. The van der Waals surface area contributed by atoms with E-state index in [2.05, 4.69) is 52.7 Å².